The Hall–Kier alpha value is -0.780. The number of rotatable bonds is 7. The van der Waals surface area contributed by atoms with Crippen LogP contribution >= 0.6 is 27.7 Å². The van der Waals surface area contributed by atoms with Crippen LogP contribution in [-0.2, 0) is 13.5 Å². The van der Waals surface area contributed by atoms with Crippen molar-refractivity contribution in [3.8, 4) is 0 Å². The Morgan fingerprint density at radius 1 is 1.33 bits per heavy atom. The number of likely N-dealkylation sites (N-methyl/N-ethyl adjacent to an activating group) is 1. The molecule has 1 aromatic heterocycles. The summed E-state index contributed by atoms with van der Waals surface area (Å²) in [5.41, 5.74) is 2.31. The van der Waals surface area contributed by atoms with Crippen LogP contribution in [0.2, 0.25) is 0 Å². The van der Waals surface area contributed by atoms with Gasteiger partial charge in [0.05, 0.1) is 15.9 Å². The topological polar surface area (TPSA) is 29.9 Å². The van der Waals surface area contributed by atoms with Crippen molar-refractivity contribution in [2.24, 2.45) is 7.05 Å². The fourth-order valence-electron chi connectivity index (χ4n) is 2.33. The van der Waals surface area contributed by atoms with Crippen LogP contribution in [0.5, 0.6) is 0 Å². The first kappa shape index (κ1) is 16.6. The molecule has 1 atom stereocenters. The number of aromatic nitrogens is 2. The standard InChI is InChI=1S/C16H22BrN3S/c1-4-18-13(11-21-14-8-6-5-7-9-14)10-15-16(17)12(2)19-20(15)3/h5-9,13,18H,4,10-11H2,1-3H3. The zero-order valence-electron chi connectivity index (χ0n) is 12.8. The van der Waals surface area contributed by atoms with Gasteiger partial charge >= 0.3 is 0 Å². The fourth-order valence-corrected chi connectivity index (χ4v) is 3.80. The summed E-state index contributed by atoms with van der Waals surface area (Å²) in [6, 6.07) is 11.0. The Labute approximate surface area is 139 Å². The maximum atomic E-state index is 4.48. The normalized spacial score (nSPS) is 12.6. The molecule has 1 unspecified atom stereocenters. The lowest BCUT2D eigenvalue weighted by molar-refractivity contribution is 0.548. The van der Waals surface area contributed by atoms with Gasteiger partial charge in [-0.2, -0.15) is 5.10 Å². The molecule has 1 aromatic carbocycles. The van der Waals surface area contributed by atoms with Crippen molar-refractivity contribution in [2.75, 3.05) is 12.3 Å². The molecule has 2 aromatic rings. The van der Waals surface area contributed by atoms with Crippen molar-refractivity contribution < 1.29 is 0 Å². The first-order chi connectivity index (χ1) is 10.1. The van der Waals surface area contributed by atoms with Crippen LogP contribution in [0.25, 0.3) is 0 Å². The van der Waals surface area contributed by atoms with Gasteiger partial charge in [0.15, 0.2) is 0 Å². The summed E-state index contributed by atoms with van der Waals surface area (Å²) in [6.45, 7) is 5.17. The molecule has 0 bridgehead atoms. The van der Waals surface area contributed by atoms with Crippen LogP contribution in [0.3, 0.4) is 0 Å². The van der Waals surface area contributed by atoms with Gasteiger partial charge < -0.3 is 5.32 Å². The fraction of sp³-hybridized carbons (Fsp3) is 0.438. The van der Waals surface area contributed by atoms with Crippen LogP contribution < -0.4 is 5.32 Å². The van der Waals surface area contributed by atoms with E-state index in [1.165, 1.54) is 10.6 Å². The Morgan fingerprint density at radius 2 is 2.05 bits per heavy atom. The third-order valence-electron chi connectivity index (χ3n) is 3.39. The number of hydrogen-bond donors (Lipinski definition) is 1. The van der Waals surface area contributed by atoms with Crippen molar-refractivity contribution in [1.29, 1.82) is 0 Å². The van der Waals surface area contributed by atoms with Gasteiger partial charge in [-0.15, -0.1) is 11.8 Å². The molecule has 1 N–H and O–H groups in total. The molecule has 0 amide bonds. The molecule has 0 spiro atoms. The zero-order valence-corrected chi connectivity index (χ0v) is 15.2. The minimum Gasteiger partial charge on any atom is -0.313 e. The van der Waals surface area contributed by atoms with E-state index >= 15 is 0 Å². The maximum Gasteiger partial charge on any atom is 0.0738 e. The molecule has 0 aliphatic heterocycles. The largest absolute Gasteiger partial charge is 0.313 e. The highest BCUT2D eigenvalue weighted by Gasteiger charge is 2.16. The van der Waals surface area contributed by atoms with E-state index in [-0.39, 0.29) is 0 Å². The van der Waals surface area contributed by atoms with Gasteiger partial charge in [-0.25, -0.2) is 0 Å². The van der Waals surface area contributed by atoms with Gasteiger partial charge in [0, 0.05) is 30.2 Å². The van der Waals surface area contributed by atoms with Crippen LogP contribution in [-0.4, -0.2) is 28.1 Å². The predicted octanol–water partition coefficient (Wildman–Crippen LogP) is 3.80. The van der Waals surface area contributed by atoms with Gasteiger partial charge in [0.25, 0.3) is 0 Å². The lowest BCUT2D eigenvalue weighted by Crippen LogP contribution is -2.34. The highest BCUT2D eigenvalue weighted by Crippen LogP contribution is 2.24. The predicted molar refractivity (Wildman–Crippen MR) is 94.0 cm³/mol. The van der Waals surface area contributed by atoms with E-state index in [0.29, 0.717) is 6.04 Å². The van der Waals surface area contributed by atoms with Gasteiger partial charge in [0.1, 0.15) is 0 Å². The summed E-state index contributed by atoms with van der Waals surface area (Å²) in [5, 5.41) is 8.06. The van der Waals surface area contributed by atoms with E-state index in [1.807, 2.05) is 30.4 Å². The Bertz CT molecular complexity index is 568. The van der Waals surface area contributed by atoms with Gasteiger partial charge in [-0.05, 0) is 41.5 Å². The average Bonchev–Trinajstić information content (AvgIpc) is 2.72. The van der Waals surface area contributed by atoms with Crippen molar-refractivity contribution >= 4 is 27.7 Å². The van der Waals surface area contributed by atoms with Crippen molar-refractivity contribution in [1.82, 2.24) is 15.1 Å². The Morgan fingerprint density at radius 3 is 2.62 bits per heavy atom. The molecular weight excluding hydrogens is 346 g/mol. The molecule has 5 heteroatoms. The first-order valence-electron chi connectivity index (χ1n) is 7.21. The minimum absolute atomic E-state index is 0.436. The third-order valence-corrected chi connectivity index (χ3v) is 5.59. The number of hydrogen-bond acceptors (Lipinski definition) is 3. The summed E-state index contributed by atoms with van der Waals surface area (Å²) in [4.78, 5) is 1.32. The number of nitrogens with zero attached hydrogens (tertiary/aromatic N) is 2. The van der Waals surface area contributed by atoms with E-state index in [1.54, 1.807) is 0 Å². The minimum atomic E-state index is 0.436. The van der Waals surface area contributed by atoms with Crippen molar-refractivity contribution in [3.05, 3.63) is 46.2 Å². The van der Waals surface area contributed by atoms with Crippen LogP contribution in [0.15, 0.2) is 39.7 Å². The molecule has 0 aliphatic carbocycles. The van der Waals surface area contributed by atoms with Gasteiger partial charge in [-0.1, -0.05) is 25.1 Å². The number of thioether (sulfide) groups is 1. The van der Waals surface area contributed by atoms with E-state index in [9.17, 15) is 0 Å². The molecule has 114 valence electrons. The molecular formula is C16H22BrN3S. The van der Waals surface area contributed by atoms with Crippen LogP contribution in [0.1, 0.15) is 18.3 Å². The second kappa shape index (κ2) is 8.01. The first-order valence-corrected chi connectivity index (χ1v) is 8.98. The summed E-state index contributed by atoms with van der Waals surface area (Å²) in [6.07, 6.45) is 0.978. The quantitative estimate of drug-likeness (QED) is 0.754. The molecule has 0 aliphatic rings. The summed E-state index contributed by atoms with van der Waals surface area (Å²) < 4.78 is 3.12. The highest BCUT2D eigenvalue weighted by molar-refractivity contribution is 9.10. The molecule has 0 saturated heterocycles. The third kappa shape index (κ3) is 4.59. The Balaban J connectivity index is 2.02. The van der Waals surface area contributed by atoms with Crippen molar-refractivity contribution in [3.63, 3.8) is 0 Å². The van der Waals surface area contributed by atoms with Gasteiger partial charge in [-0.3, -0.25) is 4.68 Å². The van der Waals surface area contributed by atoms with Crippen LogP contribution in [0, 0.1) is 6.92 Å². The monoisotopic (exact) mass is 367 g/mol. The maximum absolute atomic E-state index is 4.48. The summed E-state index contributed by atoms with van der Waals surface area (Å²) in [5.74, 6) is 1.05. The van der Waals surface area contributed by atoms with Gasteiger partial charge in [0.2, 0.25) is 0 Å². The number of benzene rings is 1. The second-order valence-corrected chi connectivity index (χ2v) is 6.94. The van der Waals surface area contributed by atoms with E-state index in [2.05, 4.69) is 63.6 Å². The van der Waals surface area contributed by atoms with E-state index < -0.39 is 0 Å². The molecule has 1 heterocycles. The molecule has 2 rings (SSSR count). The van der Waals surface area contributed by atoms with E-state index in [0.717, 1.165) is 28.9 Å². The SMILES string of the molecule is CCNC(CSc1ccccc1)Cc1c(Br)c(C)nn1C. The number of nitrogens with one attached hydrogen (secondary N) is 1. The second-order valence-electron chi connectivity index (χ2n) is 5.05. The highest BCUT2D eigenvalue weighted by atomic mass is 79.9. The number of halogens is 1. The molecule has 0 radical (unpaired) electrons. The average molecular weight is 368 g/mol. The summed E-state index contributed by atoms with van der Waals surface area (Å²) in [7, 11) is 2.01. The number of aryl methyl sites for hydroxylation is 2. The lowest BCUT2D eigenvalue weighted by atomic mass is 10.1. The Kier molecular flexibility index (Phi) is 6.33. The zero-order chi connectivity index (χ0) is 15.2. The molecule has 21 heavy (non-hydrogen) atoms. The lowest BCUT2D eigenvalue weighted by Gasteiger charge is -2.18. The smallest absolute Gasteiger partial charge is 0.0738 e. The van der Waals surface area contributed by atoms with E-state index in [4.69, 9.17) is 0 Å². The summed E-state index contributed by atoms with van der Waals surface area (Å²) >= 11 is 5.56. The van der Waals surface area contributed by atoms with Crippen molar-refractivity contribution in [2.45, 2.75) is 31.2 Å². The molecule has 3 nitrogen and oxygen atoms in total. The molecule has 0 fully saturated rings. The van der Waals surface area contributed by atoms with Crippen LogP contribution in [0.4, 0.5) is 0 Å². The molecule has 0 saturated carbocycles.